The van der Waals surface area contributed by atoms with Crippen molar-refractivity contribution in [2.75, 3.05) is 0 Å². The molecule has 10 heteroatoms. The molecule has 9 N–H and O–H groups in total. The molecule has 0 aliphatic rings. The Morgan fingerprint density at radius 1 is 1.00 bits per heavy atom. The summed E-state index contributed by atoms with van der Waals surface area (Å²) in [6, 6.07) is 0. The van der Waals surface area contributed by atoms with E-state index in [9.17, 15) is 14.4 Å². The summed E-state index contributed by atoms with van der Waals surface area (Å²) in [7, 11) is 0. The van der Waals surface area contributed by atoms with Crippen LogP contribution in [0.1, 0.15) is 12.8 Å². The van der Waals surface area contributed by atoms with Crippen molar-refractivity contribution in [2.24, 2.45) is 11.7 Å². The number of nitrogens with one attached hydrogen (secondary N) is 1. The highest BCUT2D eigenvalue weighted by molar-refractivity contribution is 5.88. The Hall–Kier alpha value is -1.75. The molecule has 0 aromatic heterocycles. The van der Waals surface area contributed by atoms with E-state index in [0.29, 0.717) is 0 Å². The molecule has 0 aliphatic heterocycles. The van der Waals surface area contributed by atoms with Crippen LogP contribution in [0.2, 0.25) is 0 Å². The van der Waals surface area contributed by atoms with E-state index in [1.165, 1.54) is 0 Å². The van der Waals surface area contributed by atoms with Crippen LogP contribution in [0, 0.1) is 0 Å². The normalized spacial score (nSPS) is 9.94. The summed E-state index contributed by atoms with van der Waals surface area (Å²) in [5, 5.41) is 33.8. The van der Waals surface area contributed by atoms with Crippen molar-refractivity contribution >= 4 is 17.9 Å². The molecule has 10 nitrogen and oxygen atoms in total. The second-order valence-electron chi connectivity index (χ2n) is 2.64. The molecule has 0 aromatic carbocycles. The molecule has 0 saturated carbocycles. The molecule has 0 spiro atoms. The van der Waals surface area contributed by atoms with Gasteiger partial charge in [0.15, 0.2) is 5.60 Å². The standard InChI is InChI=1S/C6H8O7.H5N3/c7-3(8)1-6(13,5(11)12)2-4(9)10;1-3-2/h13H,1-2H2,(H,7,8)(H,9,10)(H,11,12);3H,1-2H2. The zero-order valence-corrected chi connectivity index (χ0v) is 8.08. The SMILES string of the molecule is NNN.O=C(O)CC(O)(CC(=O)O)C(=O)O. The monoisotopic (exact) mass is 239 g/mol. The zero-order valence-electron chi connectivity index (χ0n) is 8.08. The number of rotatable bonds is 5. The minimum absolute atomic E-state index is 1.14. The fraction of sp³-hybridized carbons (Fsp3) is 0.500. The molecule has 0 heterocycles. The molecule has 0 bridgehead atoms. The molecule has 0 aromatic rings. The molecule has 0 saturated heterocycles. The zero-order chi connectivity index (χ0) is 13.4. The minimum atomic E-state index is -2.74. The Bertz CT molecular complexity index is 251. The summed E-state index contributed by atoms with van der Waals surface area (Å²) in [4.78, 5) is 30.5. The first-order valence-corrected chi connectivity index (χ1v) is 3.75. The van der Waals surface area contributed by atoms with Gasteiger partial charge in [-0.2, -0.15) is 5.53 Å². The quantitative estimate of drug-likeness (QED) is 0.192. The molecule has 0 amide bonds. The van der Waals surface area contributed by atoms with Crippen LogP contribution >= 0.6 is 0 Å². The first-order chi connectivity index (χ1) is 7.19. The Balaban J connectivity index is 0. The Morgan fingerprint density at radius 2 is 1.25 bits per heavy atom. The second kappa shape index (κ2) is 7.53. The second-order valence-corrected chi connectivity index (χ2v) is 2.64. The van der Waals surface area contributed by atoms with Crippen molar-refractivity contribution in [3.8, 4) is 0 Å². The van der Waals surface area contributed by atoms with E-state index in [1.807, 2.05) is 0 Å². The third kappa shape index (κ3) is 7.64. The number of aliphatic carboxylic acids is 3. The summed E-state index contributed by atoms with van der Waals surface area (Å²) in [6.45, 7) is 0. The first kappa shape index (κ1) is 16.7. The molecule has 0 atom stereocenters. The van der Waals surface area contributed by atoms with Gasteiger partial charge in [0.2, 0.25) is 0 Å². The fourth-order valence-electron chi connectivity index (χ4n) is 0.714. The highest BCUT2D eigenvalue weighted by Crippen LogP contribution is 2.15. The largest absolute Gasteiger partial charge is 0.481 e. The fourth-order valence-corrected chi connectivity index (χ4v) is 0.714. The van der Waals surface area contributed by atoms with Crippen LogP contribution in [0.15, 0.2) is 0 Å². The van der Waals surface area contributed by atoms with Crippen molar-refractivity contribution in [1.29, 1.82) is 0 Å². The number of hydrazine groups is 2. The molecule has 94 valence electrons. The number of carboxylic acid groups (broad SMARTS) is 3. The summed E-state index contributed by atoms with van der Waals surface area (Å²) < 4.78 is 0. The Kier molecular flexibility index (Phi) is 7.85. The molecule has 0 aliphatic carbocycles. The molecule has 16 heavy (non-hydrogen) atoms. The predicted octanol–water partition coefficient (Wildman–Crippen LogP) is -2.93. The van der Waals surface area contributed by atoms with Gasteiger partial charge < -0.3 is 20.4 Å². The van der Waals surface area contributed by atoms with Crippen LogP contribution in [0.25, 0.3) is 0 Å². The van der Waals surface area contributed by atoms with Gasteiger partial charge in [-0.3, -0.25) is 21.3 Å². The average molecular weight is 239 g/mol. The maximum absolute atomic E-state index is 10.3. The third-order valence-electron chi connectivity index (χ3n) is 1.29. The lowest BCUT2D eigenvalue weighted by Crippen LogP contribution is -2.42. The van der Waals surface area contributed by atoms with Gasteiger partial charge in [0.25, 0.3) is 0 Å². The Morgan fingerprint density at radius 3 is 1.38 bits per heavy atom. The molecular formula is C6H13N3O7. The number of hydrogen-bond acceptors (Lipinski definition) is 7. The number of hydrogen-bond donors (Lipinski definition) is 7. The first-order valence-electron chi connectivity index (χ1n) is 3.75. The predicted molar refractivity (Wildman–Crippen MR) is 48.6 cm³/mol. The van der Waals surface area contributed by atoms with E-state index in [4.69, 9.17) is 20.4 Å². The van der Waals surface area contributed by atoms with Crippen LogP contribution in [0.3, 0.4) is 0 Å². The van der Waals surface area contributed by atoms with E-state index in [0.717, 1.165) is 0 Å². The number of nitrogens with two attached hydrogens (primary N) is 2. The number of aliphatic hydroxyl groups is 1. The minimum Gasteiger partial charge on any atom is -0.481 e. The summed E-state index contributed by atoms with van der Waals surface area (Å²) >= 11 is 0. The van der Waals surface area contributed by atoms with Crippen molar-refractivity contribution in [2.45, 2.75) is 18.4 Å². The van der Waals surface area contributed by atoms with Crippen LogP contribution in [-0.2, 0) is 14.4 Å². The van der Waals surface area contributed by atoms with Crippen LogP contribution < -0.4 is 17.2 Å². The highest BCUT2D eigenvalue weighted by atomic mass is 16.4. The van der Waals surface area contributed by atoms with Gasteiger partial charge in [-0.15, -0.1) is 0 Å². The maximum atomic E-state index is 10.3. The maximum Gasteiger partial charge on any atom is 0.336 e. The topological polar surface area (TPSA) is 196 Å². The van der Waals surface area contributed by atoms with Crippen molar-refractivity contribution < 1.29 is 34.8 Å². The molecule has 0 radical (unpaired) electrons. The van der Waals surface area contributed by atoms with E-state index in [1.54, 1.807) is 5.53 Å². The molecular weight excluding hydrogens is 226 g/mol. The van der Waals surface area contributed by atoms with E-state index >= 15 is 0 Å². The molecule has 0 unspecified atom stereocenters. The summed E-state index contributed by atoms with van der Waals surface area (Å²) in [5.74, 6) is 3.73. The van der Waals surface area contributed by atoms with Gasteiger partial charge >= 0.3 is 17.9 Å². The lowest BCUT2D eigenvalue weighted by molar-refractivity contribution is -0.170. The van der Waals surface area contributed by atoms with Gasteiger partial charge in [0.05, 0.1) is 12.8 Å². The van der Waals surface area contributed by atoms with Gasteiger partial charge in [-0.25, -0.2) is 4.79 Å². The molecule has 0 fully saturated rings. The van der Waals surface area contributed by atoms with E-state index in [-0.39, 0.29) is 0 Å². The van der Waals surface area contributed by atoms with Crippen molar-refractivity contribution in [3.05, 3.63) is 0 Å². The van der Waals surface area contributed by atoms with E-state index in [2.05, 4.69) is 11.7 Å². The lowest BCUT2D eigenvalue weighted by Gasteiger charge is -2.18. The average Bonchev–Trinajstić information content (AvgIpc) is 2.01. The Labute approximate surface area is 89.4 Å². The van der Waals surface area contributed by atoms with Crippen molar-refractivity contribution in [3.63, 3.8) is 0 Å². The van der Waals surface area contributed by atoms with Crippen molar-refractivity contribution in [1.82, 2.24) is 5.53 Å². The van der Waals surface area contributed by atoms with Gasteiger partial charge in [0.1, 0.15) is 0 Å². The van der Waals surface area contributed by atoms with Crippen LogP contribution in [0.5, 0.6) is 0 Å². The summed E-state index contributed by atoms with van der Waals surface area (Å²) in [5.41, 5.74) is -0.988. The number of carboxylic acids is 3. The third-order valence-corrected chi connectivity index (χ3v) is 1.29. The smallest absolute Gasteiger partial charge is 0.336 e. The van der Waals surface area contributed by atoms with Crippen LogP contribution in [0.4, 0.5) is 0 Å². The highest BCUT2D eigenvalue weighted by Gasteiger charge is 2.40. The van der Waals surface area contributed by atoms with Crippen LogP contribution in [-0.4, -0.2) is 43.9 Å². The van der Waals surface area contributed by atoms with Gasteiger partial charge in [0, 0.05) is 0 Å². The van der Waals surface area contributed by atoms with Gasteiger partial charge in [-0.05, 0) is 0 Å². The molecule has 0 rings (SSSR count). The number of carbonyl (C=O) groups is 3. The lowest BCUT2D eigenvalue weighted by atomic mass is 9.96. The van der Waals surface area contributed by atoms with Gasteiger partial charge in [-0.1, -0.05) is 0 Å². The summed E-state index contributed by atoms with van der Waals surface area (Å²) in [6.07, 6.45) is -2.29. The van der Waals surface area contributed by atoms with E-state index < -0.39 is 36.4 Å².